The average Bonchev–Trinajstić information content (AvgIpc) is 2.05. The molecule has 5 heteroatoms. The molecule has 0 atom stereocenters. The summed E-state index contributed by atoms with van der Waals surface area (Å²) >= 11 is 0. The second-order valence-electron chi connectivity index (χ2n) is 1.87. The molecule has 12 heavy (non-hydrogen) atoms. The van der Waals surface area contributed by atoms with Crippen LogP contribution in [0.1, 0.15) is 6.92 Å². The highest BCUT2D eigenvalue weighted by molar-refractivity contribution is 5.69. The number of hydrogen-bond donors (Lipinski definition) is 0. The van der Waals surface area contributed by atoms with Crippen LogP contribution in [-0.4, -0.2) is 39.5 Å². The Morgan fingerprint density at radius 2 is 1.92 bits per heavy atom. The quantitative estimate of drug-likeness (QED) is 0.315. The third-order valence-electron chi connectivity index (χ3n) is 0.972. The molecule has 0 aliphatic heterocycles. The van der Waals surface area contributed by atoms with E-state index in [0.29, 0.717) is 19.8 Å². The standard InChI is InChI=1S/C7H14O5/c1-3-10-4-5-11-6-7(8)12-9-2/h3-6H2,1-2H3. The van der Waals surface area contributed by atoms with Gasteiger partial charge in [0, 0.05) is 6.61 Å². The second-order valence-corrected chi connectivity index (χ2v) is 1.87. The minimum absolute atomic E-state index is 0.110. The Labute approximate surface area is 71.5 Å². The van der Waals surface area contributed by atoms with Gasteiger partial charge in [-0.05, 0) is 6.92 Å². The fraction of sp³-hybridized carbons (Fsp3) is 0.857. The van der Waals surface area contributed by atoms with Gasteiger partial charge in [-0.15, -0.1) is 0 Å². The highest BCUT2D eigenvalue weighted by atomic mass is 17.2. The maximum Gasteiger partial charge on any atom is 0.367 e. The van der Waals surface area contributed by atoms with Crippen molar-refractivity contribution in [3.8, 4) is 0 Å². The lowest BCUT2D eigenvalue weighted by atomic mass is 10.7. The SMILES string of the molecule is CCOCCOCC(=O)OOC. The summed E-state index contributed by atoms with van der Waals surface area (Å²) in [4.78, 5) is 18.8. The average molecular weight is 178 g/mol. The van der Waals surface area contributed by atoms with Crippen molar-refractivity contribution in [1.29, 1.82) is 0 Å². The van der Waals surface area contributed by atoms with Gasteiger partial charge in [0.25, 0.3) is 0 Å². The molecule has 5 nitrogen and oxygen atoms in total. The van der Waals surface area contributed by atoms with Crippen LogP contribution in [0.4, 0.5) is 0 Å². The number of carbonyl (C=O) groups is 1. The summed E-state index contributed by atoms with van der Waals surface area (Å²) in [5.41, 5.74) is 0. The van der Waals surface area contributed by atoms with Crippen LogP contribution in [0.2, 0.25) is 0 Å². The molecule has 0 saturated carbocycles. The highest BCUT2D eigenvalue weighted by Crippen LogP contribution is 1.82. The van der Waals surface area contributed by atoms with Gasteiger partial charge in [-0.25, -0.2) is 4.79 Å². The summed E-state index contributed by atoms with van der Waals surface area (Å²) in [6, 6.07) is 0. The molecule has 0 aromatic rings. The topological polar surface area (TPSA) is 54.0 Å². The minimum atomic E-state index is -0.547. The van der Waals surface area contributed by atoms with E-state index in [4.69, 9.17) is 9.47 Å². The molecule has 0 heterocycles. The first kappa shape index (κ1) is 11.4. The lowest BCUT2D eigenvalue weighted by molar-refractivity contribution is -0.258. The van der Waals surface area contributed by atoms with Gasteiger partial charge < -0.3 is 9.47 Å². The van der Waals surface area contributed by atoms with Gasteiger partial charge in [-0.3, -0.25) is 4.89 Å². The Hall–Kier alpha value is -0.650. The van der Waals surface area contributed by atoms with E-state index in [1.807, 2.05) is 6.92 Å². The van der Waals surface area contributed by atoms with E-state index in [9.17, 15) is 4.79 Å². The first-order valence-corrected chi connectivity index (χ1v) is 3.70. The molecule has 0 radical (unpaired) electrons. The summed E-state index contributed by atoms with van der Waals surface area (Å²) in [5.74, 6) is -0.547. The molecule has 0 rings (SSSR count). The zero-order valence-electron chi connectivity index (χ0n) is 7.37. The van der Waals surface area contributed by atoms with E-state index >= 15 is 0 Å². The lowest BCUT2D eigenvalue weighted by Gasteiger charge is -2.02. The van der Waals surface area contributed by atoms with Crippen LogP contribution < -0.4 is 0 Å². The fourth-order valence-electron chi connectivity index (χ4n) is 0.535. The number of ether oxygens (including phenoxy) is 2. The Morgan fingerprint density at radius 3 is 2.50 bits per heavy atom. The van der Waals surface area contributed by atoms with Gasteiger partial charge in [-0.2, -0.15) is 4.89 Å². The summed E-state index contributed by atoms with van der Waals surface area (Å²) in [6.07, 6.45) is 0. The Balaban J connectivity index is 3.03. The Bertz CT molecular complexity index is 114. The summed E-state index contributed by atoms with van der Waals surface area (Å²) in [6.45, 7) is 3.29. The molecule has 0 saturated heterocycles. The second kappa shape index (κ2) is 8.45. The van der Waals surface area contributed by atoms with Crippen molar-refractivity contribution >= 4 is 5.97 Å². The molecule has 0 aliphatic carbocycles. The van der Waals surface area contributed by atoms with E-state index < -0.39 is 5.97 Å². The van der Waals surface area contributed by atoms with Crippen LogP contribution in [0.5, 0.6) is 0 Å². The molecular weight excluding hydrogens is 164 g/mol. The molecule has 0 spiro atoms. The minimum Gasteiger partial charge on any atom is -0.379 e. The van der Waals surface area contributed by atoms with Crippen molar-refractivity contribution in [1.82, 2.24) is 0 Å². The van der Waals surface area contributed by atoms with Gasteiger partial charge in [-0.1, -0.05) is 0 Å². The Morgan fingerprint density at radius 1 is 1.25 bits per heavy atom. The van der Waals surface area contributed by atoms with Crippen LogP contribution in [0.3, 0.4) is 0 Å². The van der Waals surface area contributed by atoms with Crippen molar-refractivity contribution in [3.63, 3.8) is 0 Å². The zero-order chi connectivity index (χ0) is 9.23. The van der Waals surface area contributed by atoms with E-state index in [-0.39, 0.29) is 6.61 Å². The first-order chi connectivity index (χ1) is 5.81. The molecule has 0 N–H and O–H groups in total. The van der Waals surface area contributed by atoms with Crippen LogP contribution >= 0.6 is 0 Å². The molecule has 0 aliphatic rings. The number of rotatable bonds is 7. The maximum atomic E-state index is 10.6. The van der Waals surface area contributed by atoms with Gasteiger partial charge in [0.15, 0.2) is 0 Å². The Kier molecular flexibility index (Phi) is 7.99. The van der Waals surface area contributed by atoms with Gasteiger partial charge in [0.2, 0.25) is 0 Å². The van der Waals surface area contributed by atoms with Crippen molar-refractivity contribution in [2.24, 2.45) is 0 Å². The smallest absolute Gasteiger partial charge is 0.367 e. The first-order valence-electron chi connectivity index (χ1n) is 3.70. The maximum absolute atomic E-state index is 10.6. The number of carbonyl (C=O) groups excluding carboxylic acids is 1. The van der Waals surface area contributed by atoms with Crippen LogP contribution in [0.25, 0.3) is 0 Å². The van der Waals surface area contributed by atoms with Crippen LogP contribution in [-0.2, 0) is 24.0 Å². The monoisotopic (exact) mass is 178 g/mol. The zero-order valence-corrected chi connectivity index (χ0v) is 7.37. The highest BCUT2D eigenvalue weighted by Gasteiger charge is 2.01. The van der Waals surface area contributed by atoms with Crippen molar-refractivity contribution < 1.29 is 24.0 Å². The molecule has 0 amide bonds. The molecular formula is C7H14O5. The molecule has 0 bridgehead atoms. The van der Waals surface area contributed by atoms with Crippen molar-refractivity contribution in [3.05, 3.63) is 0 Å². The van der Waals surface area contributed by atoms with Crippen LogP contribution in [0.15, 0.2) is 0 Å². The predicted molar refractivity (Wildman–Crippen MR) is 40.4 cm³/mol. The van der Waals surface area contributed by atoms with E-state index in [2.05, 4.69) is 9.78 Å². The van der Waals surface area contributed by atoms with Gasteiger partial charge in [0.05, 0.1) is 20.3 Å². The van der Waals surface area contributed by atoms with Gasteiger partial charge >= 0.3 is 5.97 Å². The molecule has 0 fully saturated rings. The largest absolute Gasteiger partial charge is 0.379 e. The van der Waals surface area contributed by atoms with Crippen molar-refractivity contribution in [2.45, 2.75) is 6.92 Å². The summed E-state index contributed by atoms with van der Waals surface area (Å²) in [5, 5.41) is 0. The predicted octanol–water partition coefficient (Wildman–Crippen LogP) is 0.144. The number of hydrogen-bond acceptors (Lipinski definition) is 5. The van der Waals surface area contributed by atoms with Crippen molar-refractivity contribution in [2.75, 3.05) is 33.5 Å². The van der Waals surface area contributed by atoms with Crippen LogP contribution in [0, 0.1) is 0 Å². The summed E-state index contributed by atoms with van der Waals surface area (Å²) < 4.78 is 9.84. The van der Waals surface area contributed by atoms with E-state index in [1.165, 1.54) is 7.11 Å². The third kappa shape index (κ3) is 7.46. The fourth-order valence-corrected chi connectivity index (χ4v) is 0.535. The van der Waals surface area contributed by atoms with E-state index in [0.717, 1.165) is 0 Å². The lowest BCUT2D eigenvalue weighted by Crippen LogP contribution is -2.14. The van der Waals surface area contributed by atoms with Gasteiger partial charge in [0.1, 0.15) is 6.61 Å². The molecule has 0 aromatic heterocycles. The molecule has 72 valence electrons. The molecule has 0 aromatic carbocycles. The summed E-state index contributed by atoms with van der Waals surface area (Å²) in [7, 11) is 1.26. The normalized spacial score (nSPS) is 9.83. The third-order valence-corrected chi connectivity index (χ3v) is 0.972. The van der Waals surface area contributed by atoms with E-state index in [1.54, 1.807) is 0 Å². The molecule has 0 unspecified atom stereocenters.